The third kappa shape index (κ3) is 3.68. The normalized spacial score (nSPS) is 14.3. The van der Waals surface area contributed by atoms with Gasteiger partial charge in [0.1, 0.15) is 0 Å². The molecule has 1 aliphatic carbocycles. The molecule has 2 rings (SSSR count). The molecule has 0 bridgehead atoms. The van der Waals surface area contributed by atoms with Crippen molar-refractivity contribution in [2.75, 3.05) is 30.4 Å². The summed E-state index contributed by atoms with van der Waals surface area (Å²) in [7, 11) is 1.59. The molecule has 1 aromatic rings. The first-order valence-electron chi connectivity index (χ1n) is 7.09. The van der Waals surface area contributed by atoms with Crippen molar-refractivity contribution in [2.45, 2.75) is 45.6 Å². The van der Waals surface area contributed by atoms with E-state index in [4.69, 9.17) is 4.74 Å². The lowest BCUT2D eigenvalue weighted by Crippen LogP contribution is -2.29. The topological polar surface area (TPSA) is 63.2 Å². The van der Waals surface area contributed by atoms with Crippen molar-refractivity contribution in [1.29, 1.82) is 0 Å². The molecule has 1 heterocycles. The molecule has 6 nitrogen and oxygen atoms in total. The Morgan fingerprint density at radius 1 is 1.26 bits per heavy atom. The van der Waals surface area contributed by atoms with Gasteiger partial charge in [0.2, 0.25) is 11.9 Å². The summed E-state index contributed by atoms with van der Waals surface area (Å²) >= 11 is 0. The number of methoxy groups -OCH3 is 1. The van der Waals surface area contributed by atoms with Gasteiger partial charge in [0.25, 0.3) is 0 Å². The van der Waals surface area contributed by atoms with Gasteiger partial charge in [-0.25, -0.2) is 0 Å². The monoisotopic (exact) mass is 265 g/mol. The SMILES string of the molecule is CCCCN(c1nc(NCC)nc(OC)n1)C1CC1. The van der Waals surface area contributed by atoms with Crippen LogP contribution in [0.15, 0.2) is 0 Å². The second-order valence-electron chi connectivity index (χ2n) is 4.75. The van der Waals surface area contributed by atoms with Gasteiger partial charge in [0.05, 0.1) is 7.11 Å². The maximum absolute atomic E-state index is 5.17. The smallest absolute Gasteiger partial charge is 0.322 e. The molecule has 0 aromatic carbocycles. The summed E-state index contributed by atoms with van der Waals surface area (Å²) in [5.74, 6) is 1.32. The lowest BCUT2D eigenvalue weighted by Gasteiger charge is -2.22. The third-order valence-corrected chi connectivity index (χ3v) is 3.12. The second-order valence-corrected chi connectivity index (χ2v) is 4.75. The van der Waals surface area contributed by atoms with Crippen LogP contribution in [0.4, 0.5) is 11.9 Å². The lowest BCUT2D eigenvalue weighted by molar-refractivity contribution is 0.378. The summed E-state index contributed by atoms with van der Waals surface area (Å²) in [6, 6.07) is 0.969. The fourth-order valence-corrected chi connectivity index (χ4v) is 1.96. The average molecular weight is 265 g/mol. The molecular weight excluding hydrogens is 242 g/mol. The van der Waals surface area contributed by atoms with Crippen LogP contribution < -0.4 is 15.0 Å². The molecule has 6 heteroatoms. The highest BCUT2D eigenvalue weighted by atomic mass is 16.5. The van der Waals surface area contributed by atoms with Crippen molar-refractivity contribution >= 4 is 11.9 Å². The molecule has 0 amide bonds. The summed E-state index contributed by atoms with van der Waals surface area (Å²) in [6.45, 7) is 6.00. The molecule has 0 radical (unpaired) electrons. The molecule has 1 aliphatic rings. The first-order valence-corrected chi connectivity index (χ1v) is 7.09. The van der Waals surface area contributed by atoms with Crippen LogP contribution in [0.3, 0.4) is 0 Å². The van der Waals surface area contributed by atoms with Crippen LogP contribution in [-0.2, 0) is 0 Å². The van der Waals surface area contributed by atoms with Gasteiger partial charge in [0, 0.05) is 19.1 Å². The molecule has 1 aromatic heterocycles. The fourth-order valence-electron chi connectivity index (χ4n) is 1.96. The lowest BCUT2D eigenvalue weighted by atomic mass is 10.3. The number of hydrogen-bond acceptors (Lipinski definition) is 6. The van der Waals surface area contributed by atoms with Crippen molar-refractivity contribution in [3.05, 3.63) is 0 Å². The van der Waals surface area contributed by atoms with Crippen molar-refractivity contribution in [3.63, 3.8) is 0 Å². The zero-order chi connectivity index (χ0) is 13.7. The van der Waals surface area contributed by atoms with Crippen molar-refractivity contribution in [3.8, 4) is 6.01 Å². The summed E-state index contributed by atoms with van der Waals surface area (Å²) < 4.78 is 5.17. The summed E-state index contributed by atoms with van der Waals surface area (Å²) in [6.07, 6.45) is 4.79. The van der Waals surface area contributed by atoms with Crippen LogP contribution in [0.5, 0.6) is 6.01 Å². The Morgan fingerprint density at radius 3 is 2.63 bits per heavy atom. The average Bonchev–Trinajstić information content (AvgIpc) is 3.24. The molecule has 1 saturated carbocycles. The molecule has 0 aliphatic heterocycles. The third-order valence-electron chi connectivity index (χ3n) is 3.12. The first kappa shape index (κ1) is 13.8. The highest BCUT2D eigenvalue weighted by Gasteiger charge is 2.31. The largest absolute Gasteiger partial charge is 0.467 e. The highest BCUT2D eigenvalue weighted by Crippen LogP contribution is 2.30. The summed E-state index contributed by atoms with van der Waals surface area (Å²) in [4.78, 5) is 15.4. The Balaban J connectivity index is 2.21. The zero-order valence-corrected chi connectivity index (χ0v) is 12.0. The Labute approximate surface area is 114 Å². The maximum atomic E-state index is 5.17. The van der Waals surface area contributed by atoms with E-state index in [0.29, 0.717) is 18.0 Å². The van der Waals surface area contributed by atoms with E-state index >= 15 is 0 Å². The van der Waals surface area contributed by atoms with Crippen LogP contribution in [0.25, 0.3) is 0 Å². The van der Waals surface area contributed by atoms with E-state index in [9.17, 15) is 0 Å². The van der Waals surface area contributed by atoms with Crippen molar-refractivity contribution < 1.29 is 4.74 Å². The number of ether oxygens (including phenoxy) is 1. The number of nitrogens with one attached hydrogen (secondary N) is 1. The Morgan fingerprint density at radius 2 is 2.05 bits per heavy atom. The van der Waals surface area contributed by atoms with Crippen LogP contribution in [0.1, 0.15) is 39.5 Å². The predicted molar refractivity (Wildman–Crippen MR) is 75.8 cm³/mol. The number of unbranched alkanes of at least 4 members (excludes halogenated alkanes) is 1. The minimum atomic E-state index is 0.378. The van der Waals surface area contributed by atoms with E-state index in [1.165, 1.54) is 19.3 Å². The highest BCUT2D eigenvalue weighted by molar-refractivity contribution is 5.40. The maximum Gasteiger partial charge on any atom is 0.322 e. The quantitative estimate of drug-likeness (QED) is 0.776. The molecule has 1 N–H and O–H groups in total. The van der Waals surface area contributed by atoms with E-state index < -0.39 is 0 Å². The van der Waals surface area contributed by atoms with Gasteiger partial charge in [-0.15, -0.1) is 0 Å². The van der Waals surface area contributed by atoms with Gasteiger partial charge in [0.15, 0.2) is 0 Å². The molecule has 106 valence electrons. The van der Waals surface area contributed by atoms with Gasteiger partial charge in [-0.3, -0.25) is 0 Å². The van der Waals surface area contributed by atoms with Gasteiger partial charge in [-0.05, 0) is 26.2 Å². The Hall–Kier alpha value is -1.59. The van der Waals surface area contributed by atoms with Gasteiger partial charge in [-0.2, -0.15) is 15.0 Å². The minimum Gasteiger partial charge on any atom is -0.467 e. The van der Waals surface area contributed by atoms with E-state index in [-0.39, 0.29) is 0 Å². The van der Waals surface area contributed by atoms with Crippen LogP contribution in [0, 0.1) is 0 Å². The number of aromatic nitrogens is 3. The van der Waals surface area contributed by atoms with E-state index in [0.717, 1.165) is 25.5 Å². The molecule has 1 fully saturated rings. The number of hydrogen-bond donors (Lipinski definition) is 1. The van der Waals surface area contributed by atoms with Gasteiger partial charge in [-0.1, -0.05) is 13.3 Å². The first-order chi connectivity index (χ1) is 9.28. The predicted octanol–water partition coefficient (Wildman–Crippen LogP) is 2.08. The molecule has 0 atom stereocenters. The van der Waals surface area contributed by atoms with Crippen LogP contribution in [-0.4, -0.2) is 41.2 Å². The van der Waals surface area contributed by atoms with E-state index in [1.807, 2.05) is 6.92 Å². The Bertz CT molecular complexity index is 408. The van der Waals surface area contributed by atoms with Gasteiger partial charge < -0.3 is 15.0 Å². The molecule has 0 spiro atoms. The molecule has 0 saturated heterocycles. The van der Waals surface area contributed by atoms with E-state index in [2.05, 4.69) is 32.1 Å². The molecule has 19 heavy (non-hydrogen) atoms. The zero-order valence-electron chi connectivity index (χ0n) is 12.0. The fraction of sp³-hybridized carbons (Fsp3) is 0.769. The van der Waals surface area contributed by atoms with E-state index in [1.54, 1.807) is 7.11 Å². The Kier molecular flexibility index (Phi) is 4.76. The standard InChI is InChI=1S/C13H23N5O/c1-4-6-9-18(10-7-8-10)12-15-11(14-5-2)16-13(17-12)19-3/h10H,4-9H2,1-3H3,(H,14,15,16,17). The van der Waals surface area contributed by atoms with Crippen LogP contribution in [0.2, 0.25) is 0 Å². The summed E-state index contributed by atoms with van der Waals surface area (Å²) in [5, 5.41) is 3.12. The number of nitrogens with zero attached hydrogens (tertiary/aromatic N) is 4. The number of rotatable bonds is 8. The molecular formula is C13H23N5O. The van der Waals surface area contributed by atoms with Crippen molar-refractivity contribution in [1.82, 2.24) is 15.0 Å². The van der Waals surface area contributed by atoms with Gasteiger partial charge >= 0.3 is 6.01 Å². The summed E-state index contributed by atoms with van der Waals surface area (Å²) in [5.41, 5.74) is 0. The minimum absolute atomic E-state index is 0.378. The van der Waals surface area contributed by atoms with Crippen LogP contribution >= 0.6 is 0 Å². The number of anilines is 2. The molecule has 0 unspecified atom stereocenters. The van der Waals surface area contributed by atoms with Crippen molar-refractivity contribution in [2.24, 2.45) is 0 Å². The second kappa shape index (κ2) is 6.54.